The van der Waals surface area contributed by atoms with Gasteiger partial charge >= 0.3 is 0 Å². The molecule has 0 unspecified atom stereocenters. The van der Waals surface area contributed by atoms with E-state index in [1.165, 1.54) is 45.1 Å². The molecule has 0 saturated carbocycles. The number of rotatable bonds is 6. The summed E-state index contributed by atoms with van der Waals surface area (Å²) in [5, 5.41) is 2.13. The highest BCUT2D eigenvalue weighted by atomic mass is 79.9. The molecule has 0 spiro atoms. The Labute approximate surface area is 160 Å². The van der Waals surface area contributed by atoms with Crippen LogP contribution in [0.3, 0.4) is 0 Å². The molecule has 122 valence electrons. The molecule has 2 aromatic carbocycles. The maximum Gasteiger partial charge on any atom is 0.0552 e. The number of fused-ring (bicyclic) bond motifs is 2. The maximum atomic E-state index is 3.52. The van der Waals surface area contributed by atoms with Crippen molar-refractivity contribution in [2.45, 2.75) is 35.5 Å². The molecule has 1 heterocycles. The van der Waals surface area contributed by atoms with Gasteiger partial charge in [0.05, 0.1) is 11.4 Å². The molecule has 0 fully saturated rings. The van der Waals surface area contributed by atoms with Gasteiger partial charge in [0.25, 0.3) is 0 Å². The third-order valence-corrected chi connectivity index (χ3v) is 6.42. The van der Waals surface area contributed by atoms with Crippen LogP contribution in [0.15, 0.2) is 46.2 Å². The van der Waals surface area contributed by atoms with Gasteiger partial charge in [-0.05, 0) is 61.1 Å². The molecule has 0 N–H and O–H groups in total. The minimum atomic E-state index is 1.06. The molecule has 0 aromatic heterocycles. The monoisotopic (exact) mass is 453 g/mol. The van der Waals surface area contributed by atoms with E-state index >= 15 is 0 Å². The Balaban J connectivity index is 1.87. The number of anilines is 2. The summed E-state index contributed by atoms with van der Waals surface area (Å²) >= 11 is 8.95. The predicted octanol–water partition coefficient (Wildman–Crippen LogP) is 6.57. The fraction of sp³-hybridized carbons (Fsp3) is 0.368. The van der Waals surface area contributed by atoms with Crippen LogP contribution in [0.5, 0.6) is 0 Å². The van der Waals surface area contributed by atoms with Gasteiger partial charge in [-0.3, -0.25) is 0 Å². The Morgan fingerprint density at radius 3 is 2.17 bits per heavy atom. The zero-order chi connectivity index (χ0) is 16.2. The fourth-order valence-electron chi connectivity index (χ4n) is 2.93. The Morgan fingerprint density at radius 2 is 1.48 bits per heavy atom. The first kappa shape index (κ1) is 17.4. The smallest absolute Gasteiger partial charge is 0.0552 e. The van der Waals surface area contributed by atoms with Gasteiger partial charge < -0.3 is 4.90 Å². The average Bonchev–Trinajstić information content (AvgIpc) is 2.58. The van der Waals surface area contributed by atoms with Crippen molar-refractivity contribution in [3.05, 3.63) is 47.5 Å². The number of benzene rings is 2. The third kappa shape index (κ3) is 3.97. The Bertz CT molecular complexity index is 687. The van der Waals surface area contributed by atoms with Crippen molar-refractivity contribution in [2.24, 2.45) is 0 Å². The van der Waals surface area contributed by atoms with E-state index < -0.39 is 0 Å². The fourth-order valence-corrected chi connectivity index (χ4v) is 4.68. The largest absolute Gasteiger partial charge is 0.343 e. The number of alkyl halides is 2. The van der Waals surface area contributed by atoms with E-state index in [2.05, 4.69) is 80.2 Å². The van der Waals surface area contributed by atoms with E-state index in [-0.39, 0.29) is 0 Å². The van der Waals surface area contributed by atoms with Crippen molar-refractivity contribution in [1.82, 2.24) is 0 Å². The lowest BCUT2D eigenvalue weighted by Crippen LogP contribution is -2.15. The lowest BCUT2D eigenvalue weighted by atomic mass is 10.1. The molecule has 0 aliphatic carbocycles. The summed E-state index contributed by atoms with van der Waals surface area (Å²) < 4.78 is 0. The first-order chi connectivity index (χ1) is 11.2. The van der Waals surface area contributed by atoms with E-state index in [4.69, 9.17) is 0 Å². The minimum Gasteiger partial charge on any atom is -0.343 e. The van der Waals surface area contributed by atoms with Crippen LogP contribution in [-0.4, -0.2) is 17.7 Å². The van der Waals surface area contributed by atoms with Gasteiger partial charge in [-0.1, -0.05) is 55.8 Å². The Hall–Kier alpha value is -0.450. The van der Waals surface area contributed by atoms with Crippen LogP contribution >= 0.6 is 43.6 Å². The third-order valence-electron chi connectivity index (χ3n) is 4.19. The zero-order valence-electron chi connectivity index (χ0n) is 13.3. The molecule has 3 rings (SSSR count). The van der Waals surface area contributed by atoms with Gasteiger partial charge in [0, 0.05) is 27.5 Å². The van der Waals surface area contributed by atoms with Crippen LogP contribution in [0.2, 0.25) is 0 Å². The number of halogens is 2. The van der Waals surface area contributed by atoms with Crippen LogP contribution in [0.25, 0.3) is 0 Å². The second-order valence-electron chi connectivity index (χ2n) is 5.85. The van der Waals surface area contributed by atoms with Crippen LogP contribution < -0.4 is 4.90 Å². The average molecular weight is 455 g/mol. The summed E-state index contributed by atoms with van der Waals surface area (Å²) in [5.74, 6) is 0. The van der Waals surface area contributed by atoms with Gasteiger partial charge in [-0.25, -0.2) is 0 Å². The summed E-state index contributed by atoms with van der Waals surface area (Å²) in [5.41, 5.74) is 5.51. The van der Waals surface area contributed by atoms with Crippen LogP contribution in [0, 0.1) is 0 Å². The molecular formula is C19H21Br2NS. The molecule has 0 amide bonds. The van der Waals surface area contributed by atoms with Crippen LogP contribution in [0.1, 0.15) is 24.0 Å². The van der Waals surface area contributed by atoms with Crippen molar-refractivity contribution in [1.29, 1.82) is 0 Å². The van der Waals surface area contributed by atoms with E-state index in [0.29, 0.717) is 0 Å². The second-order valence-corrected chi connectivity index (χ2v) is 8.52. The predicted molar refractivity (Wildman–Crippen MR) is 109 cm³/mol. The van der Waals surface area contributed by atoms with Gasteiger partial charge in [-0.2, -0.15) is 0 Å². The highest BCUT2D eigenvalue weighted by molar-refractivity contribution is 9.09. The maximum absolute atomic E-state index is 3.52. The van der Waals surface area contributed by atoms with E-state index in [1.807, 2.05) is 11.8 Å². The summed E-state index contributed by atoms with van der Waals surface area (Å²) in [6, 6.07) is 13.8. The first-order valence-electron chi connectivity index (χ1n) is 8.02. The molecule has 0 saturated heterocycles. The van der Waals surface area contributed by atoms with Crippen molar-refractivity contribution in [3.63, 3.8) is 0 Å². The molecule has 1 aliphatic rings. The molecule has 0 radical (unpaired) electrons. The van der Waals surface area contributed by atoms with Crippen molar-refractivity contribution < 1.29 is 0 Å². The van der Waals surface area contributed by atoms with Crippen molar-refractivity contribution in [3.8, 4) is 0 Å². The lowest BCUT2D eigenvalue weighted by Gasteiger charge is -2.30. The highest BCUT2D eigenvalue weighted by Crippen LogP contribution is 2.48. The topological polar surface area (TPSA) is 3.24 Å². The SMILES string of the molecule is CN1c2ccc(CCCBr)cc2Sc2ccc(CCCBr)cc21. The number of hydrogen-bond acceptors (Lipinski definition) is 2. The molecule has 1 nitrogen and oxygen atoms in total. The summed E-state index contributed by atoms with van der Waals surface area (Å²) in [4.78, 5) is 5.08. The Kier molecular flexibility index (Phi) is 6.11. The molecule has 23 heavy (non-hydrogen) atoms. The summed E-state index contributed by atoms with van der Waals surface area (Å²) in [6.45, 7) is 0. The number of aryl methyl sites for hydroxylation is 2. The molecule has 0 atom stereocenters. The van der Waals surface area contributed by atoms with E-state index in [1.54, 1.807) is 0 Å². The van der Waals surface area contributed by atoms with Crippen molar-refractivity contribution in [2.75, 3.05) is 22.6 Å². The molecular weight excluding hydrogens is 434 g/mol. The number of hydrogen-bond donors (Lipinski definition) is 0. The quantitative estimate of drug-likeness (QED) is 0.453. The summed E-state index contributed by atoms with van der Waals surface area (Å²) in [7, 11) is 2.18. The van der Waals surface area contributed by atoms with E-state index in [9.17, 15) is 0 Å². The van der Waals surface area contributed by atoms with Crippen molar-refractivity contribution >= 4 is 55.0 Å². The molecule has 0 bridgehead atoms. The van der Waals surface area contributed by atoms with Gasteiger partial charge in [0.1, 0.15) is 0 Å². The summed E-state index contributed by atoms with van der Waals surface area (Å²) in [6.07, 6.45) is 4.65. The molecule has 1 aliphatic heterocycles. The first-order valence-corrected chi connectivity index (χ1v) is 11.1. The van der Waals surface area contributed by atoms with Gasteiger partial charge in [-0.15, -0.1) is 0 Å². The molecule has 4 heteroatoms. The van der Waals surface area contributed by atoms with Crippen LogP contribution in [0.4, 0.5) is 11.4 Å². The van der Waals surface area contributed by atoms with Gasteiger partial charge in [0.15, 0.2) is 0 Å². The van der Waals surface area contributed by atoms with Crippen LogP contribution in [-0.2, 0) is 12.8 Å². The second kappa shape index (κ2) is 8.09. The standard InChI is InChI=1S/C19H21Br2NS/c1-22-16-8-6-15(5-3-11-21)13-19(16)23-18-9-7-14(4-2-10-20)12-17(18)22/h6-9,12-13H,2-5,10-11H2,1H3. The number of nitrogens with zero attached hydrogens (tertiary/aromatic N) is 1. The van der Waals surface area contributed by atoms with E-state index in [0.717, 1.165) is 23.5 Å². The minimum absolute atomic E-state index is 1.06. The Morgan fingerprint density at radius 1 is 0.826 bits per heavy atom. The zero-order valence-corrected chi connectivity index (χ0v) is 17.3. The highest BCUT2D eigenvalue weighted by Gasteiger charge is 2.21. The lowest BCUT2D eigenvalue weighted by molar-refractivity contribution is 0.928. The normalized spacial score (nSPS) is 12.9. The molecule has 2 aromatic rings. The van der Waals surface area contributed by atoms with Gasteiger partial charge in [0.2, 0.25) is 0 Å².